The van der Waals surface area contributed by atoms with Crippen molar-refractivity contribution >= 4 is 62.5 Å². The standard InChI is InChI=1S/C11H3BrCl3F5N2S/c12-9-21-7(15)8(23-10(16)17)22(9)6-4(13)1-3(2-5(6)14)11(18,19)20/h1-2,10H. The molecule has 2 rings (SSSR count). The van der Waals surface area contributed by atoms with Gasteiger partial charge in [0.1, 0.15) is 5.03 Å². The third kappa shape index (κ3) is 4.07. The predicted octanol–water partition coefficient (Wildman–Crippen LogP) is 6.93. The van der Waals surface area contributed by atoms with Crippen molar-refractivity contribution in [2.45, 2.75) is 17.0 Å². The van der Waals surface area contributed by atoms with E-state index in [0.717, 1.165) is 4.57 Å². The Balaban J connectivity index is 2.68. The van der Waals surface area contributed by atoms with Crippen molar-refractivity contribution in [1.29, 1.82) is 0 Å². The zero-order valence-corrected chi connectivity index (χ0v) is 15.1. The Bertz CT molecular complexity index is 727. The lowest BCUT2D eigenvalue weighted by molar-refractivity contribution is -0.137. The highest BCUT2D eigenvalue weighted by molar-refractivity contribution is 9.10. The first-order valence-electron chi connectivity index (χ1n) is 5.47. The number of alkyl halides is 5. The minimum Gasteiger partial charge on any atom is -0.277 e. The van der Waals surface area contributed by atoms with E-state index in [1.807, 2.05) is 0 Å². The van der Waals surface area contributed by atoms with Gasteiger partial charge in [-0.25, -0.2) is 4.98 Å². The van der Waals surface area contributed by atoms with Gasteiger partial charge in [-0.3, -0.25) is 4.57 Å². The molecule has 0 saturated heterocycles. The Kier molecular flexibility index (Phi) is 5.78. The number of hydrogen-bond acceptors (Lipinski definition) is 2. The molecule has 1 aromatic heterocycles. The van der Waals surface area contributed by atoms with Crippen molar-refractivity contribution < 1.29 is 22.0 Å². The van der Waals surface area contributed by atoms with Gasteiger partial charge in [-0.2, -0.15) is 22.0 Å². The molecule has 0 radical (unpaired) electrons. The molecule has 0 fully saturated rings. The second-order valence-corrected chi connectivity index (χ2v) is 6.84. The second-order valence-electron chi connectivity index (χ2n) is 3.98. The first-order chi connectivity index (χ1) is 10.5. The van der Waals surface area contributed by atoms with E-state index in [-0.39, 0.29) is 32.4 Å². The van der Waals surface area contributed by atoms with Crippen LogP contribution in [0, 0.1) is 0 Å². The normalized spacial score (nSPS) is 12.3. The average molecular weight is 476 g/mol. The van der Waals surface area contributed by atoms with Crippen LogP contribution in [-0.2, 0) is 6.18 Å². The summed E-state index contributed by atoms with van der Waals surface area (Å²) in [5.41, 5.74) is -1.21. The molecule has 2 nitrogen and oxygen atoms in total. The Morgan fingerprint density at radius 3 is 2.09 bits per heavy atom. The zero-order valence-electron chi connectivity index (χ0n) is 10.4. The quantitative estimate of drug-likeness (QED) is 0.353. The van der Waals surface area contributed by atoms with Crippen molar-refractivity contribution in [3.8, 4) is 5.69 Å². The van der Waals surface area contributed by atoms with Crippen molar-refractivity contribution in [3.05, 3.63) is 37.6 Å². The van der Waals surface area contributed by atoms with Crippen LogP contribution in [0.4, 0.5) is 22.0 Å². The van der Waals surface area contributed by atoms with Gasteiger partial charge in [0.25, 0.3) is 5.76 Å². The second kappa shape index (κ2) is 6.95. The molecule has 0 aliphatic rings. The molecule has 1 aromatic carbocycles. The predicted molar refractivity (Wildman–Crippen MR) is 83.2 cm³/mol. The van der Waals surface area contributed by atoms with Crippen LogP contribution in [0.15, 0.2) is 21.9 Å². The number of nitrogens with zero attached hydrogens (tertiary/aromatic N) is 2. The van der Waals surface area contributed by atoms with E-state index >= 15 is 0 Å². The Morgan fingerprint density at radius 1 is 1.13 bits per heavy atom. The molecule has 0 aliphatic heterocycles. The molecule has 12 heteroatoms. The zero-order chi connectivity index (χ0) is 17.5. The van der Waals surface area contributed by atoms with Crippen molar-refractivity contribution in [2.75, 3.05) is 0 Å². The molecular formula is C11H3BrCl3F5N2S. The monoisotopic (exact) mass is 474 g/mol. The number of imidazole rings is 1. The molecule has 126 valence electrons. The SMILES string of the molecule is FC(F)Sc1c(Cl)nc(Br)n1-c1c(Cl)cc(C(F)(F)F)cc1Cl. The number of aromatic nitrogens is 2. The van der Waals surface area contributed by atoms with Crippen LogP contribution in [0.2, 0.25) is 15.2 Å². The maximum absolute atomic E-state index is 12.7. The number of rotatable bonds is 3. The highest BCUT2D eigenvalue weighted by Crippen LogP contribution is 2.42. The van der Waals surface area contributed by atoms with Crippen LogP contribution in [0.25, 0.3) is 5.69 Å². The van der Waals surface area contributed by atoms with Crippen LogP contribution in [-0.4, -0.2) is 15.3 Å². The van der Waals surface area contributed by atoms with Crippen LogP contribution >= 0.6 is 62.5 Å². The van der Waals surface area contributed by atoms with E-state index in [9.17, 15) is 22.0 Å². The van der Waals surface area contributed by atoms with Crippen molar-refractivity contribution in [1.82, 2.24) is 9.55 Å². The van der Waals surface area contributed by atoms with Crippen molar-refractivity contribution in [3.63, 3.8) is 0 Å². The van der Waals surface area contributed by atoms with Gasteiger partial charge in [-0.1, -0.05) is 34.8 Å². The smallest absolute Gasteiger partial charge is 0.277 e. The summed E-state index contributed by atoms with van der Waals surface area (Å²) in [7, 11) is 0. The lowest BCUT2D eigenvalue weighted by atomic mass is 10.2. The summed E-state index contributed by atoms with van der Waals surface area (Å²) in [6.07, 6.45) is -4.66. The third-order valence-electron chi connectivity index (χ3n) is 2.52. The maximum atomic E-state index is 12.7. The van der Waals surface area contributed by atoms with Gasteiger partial charge in [0.15, 0.2) is 9.89 Å². The summed E-state index contributed by atoms with van der Waals surface area (Å²) in [4.78, 5) is 3.75. The van der Waals surface area contributed by atoms with E-state index in [4.69, 9.17) is 34.8 Å². The largest absolute Gasteiger partial charge is 0.416 e. The fraction of sp³-hybridized carbons (Fsp3) is 0.182. The van der Waals surface area contributed by atoms with Crippen LogP contribution in [0.1, 0.15) is 5.56 Å². The topological polar surface area (TPSA) is 17.8 Å². The summed E-state index contributed by atoms with van der Waals surface area (Å²) >= 11 is 20.6. The van der Waals surface area contributed by atoms with Gasteiger partial charge in [-0.15, -0.1) is 0 Å². The number of benzene rings is 1. The average Bonchev–Trinajstić information content (AvgIpc) is 2.63. The molecular weight excluding hydrogens is 473 g/mol. The highest BCUT2D eigenvalue weighted by atomic mass is 79.9. The molecule has 0 saturated carbocycles. The minimum atomic E-state index is -4.66. The lowest BCUT2D eigenvalue weighted by Crippen LogP contribution is -2.07. The molecule has 1 heterocycles. The molecule has 0 spiro atoms. The van der Waals surface area contributed by atoms with Crippen molar-refractivity contribution in [2.24, 2.45) is 0 Å². The Hall–Kier alpha value is -0.220. The molecule has 0 aliphatic carbocycles. The molecule has 0 unspecified atom stereocenters. The molecule has 23 heavy (non-hydrogen) atoms. The van der Waals surface area contributed by atoms with Gasteiger partial charge in [0.2, 0.25) is 0 Å². The Morgan fingerprint density at radius 2 is 1.65 bits per heavy atom. The molecule has 0 bridgehead atoms. The van der Waals surface area contributed by atoms with Crippen LogP contribution < -0.4 is 0 Å². The first kappa shape index (κ1) is 19.1. The minimum absolute atomic E-state index is 0.0331. The fourth-order valence-corrected chi connectivity index (χ4v) is 3.98. The Labute approximate surface area is 154 Å². The van der Waals surface area contributed by atoms with Gasteiger partial charge < -0.3 is 0 Å². The molecule has 0 N–H and O–H groups in total. The number of hydrogen-bond donors (Lipinski definition) is 0. The van der Waals surface area contributed by atoms with E-state index in [0.29, 0.717) is 12.1 Å². The highest BCUT2D eigenvalue weighted by Gasteiger charge is 2.33. The van der Waals surface area contributed by atoms with Gasteiger partial charge in [0.05, 0.1) is 21.3 Å². The van der Waals surface area contributed by atoms with Gasteiger partial charge >= 0.3 is 6.18 Å². The summed E-state index contributed by atoms with van der Waals surface area (Å²) in [6, 6.07) is 1.28. The maximum Gasteiger partial charge on any atom is 0.416 e. The summed E-state index contributed by atoms with van der Waals surface area (Å²) in [5, 5.41) is -1.27. The van der Waals surface area contributed by atoms with Crippen LogP contribution in [0.5, 0.6) is 0 Å². The fourth-order valence-electron chi connectivity index (χ4n) is 1.68. The van der Waals surface area contributed by atoms with E-state index in [1.165, 1.54) is 0 Å². The first-order valence-corrected chi connectivity index (χ1v) is 8.28. The van der Waals surface area contributed by atoms with E-state index in [2.05, 4.69) is 20.9 Å². The van der Waals surface area contributed by atoms with Crippen LogP contribution in [0.3, 0.4) is 0 Å². The van der Waals surface area contributed by atoms with Gasteiger partial charge in [-0.05, 0) is 39.8 Å². The third-order valence-corrected chi connectivity index (χ3v) is 4.78. The lowest BCUT2D eigenvalue weighted by Gasteiger charge is -2.15. The summed E-state index contributed by atoms with van der Waals surface area (Å²) in [6.45, 7) is 0. The summed E-state index contributed by atoms with van der Waals surface area (Å²) < 4.78 is 64.5. The molecule has 0 amide bonds. The van der Waals surface area contributed by atoms with Gasteiger partial charge in [0, 0.05) is 0 Å². The number of thioether (sulfide) groups is 1. The number of halogens is 9. The summed E-state index contributed by atoms with van der Waals surface area (Å²) in [5.74, 6) is -2.83. The van der Waals surface area contributed by atoms with E-state index in [1.54, 1.807) is 0 Å². The molecule has 0 atom stereocenters. The van der Waals surface area contributed by atoms with E-state index < -0.39 is 27.5 Å². The molecule has 2 aromatic rings.